The zero-order valence-electron chi connectivity index (χ0n) is 7.42. The van der Waals surface area contributed by atoms with E-state index in [0.29, 0.717) is 11.8 Å². The molecule has 0 fully saturated rings. The van der Waals surface area contributed by atoms with Gasteiger partial charge in [-0.25, -0.2) is 4.99 Å². The topological polar surface area (TPSA) is 21.6 Å². The molecule has 0 saturated carbocycles. The smallest absolute Gasteiger partial charge is 0.215 e. The van der Waals surface area contributed by atoms with E-state index < -0.39 is 0 Å². The van der Waals surface area contributed by atoms with Crippen LogP contribution in [0.5, 0.6) is 0 Å². The Kier molecular flexibility index (Phi) is 4.27. The fourth-order valence-corrected chi connectivity index (χ4v) is 0.844. The van der Waals surface area contributed by atoms with Crippen LogP contribution in [0.25, 0.3) is 0 Å². The molecule has 0 atom stereocenters. The van der Waals surface area contributed by atoms with E-state index in [0.717, 1.165) is 5.57 Å². The predicted octanol–water partition coefficient (Wildman–Crippen LogP) is 2.39. The Labute approximate surface area is 68.3 Å². The number of ether oxygens (including phenoxy) is 1. The molecule has 0 aromatic heterocycles. The van der Waals surface area contributed by atoms with Crippen molar-refractivity contribution in [2.75, 3.05) is 7.11 Å². The van der Waals surface area contributed by atoms with Gasteiger partial charge in [0.2, 0.25) is 5.88 Å². The lowest BCUT2D eigenvalue weighted by molar-refractivity contribution is 0.282. The van der Waals surface area contributed by atoms with Gasteiger partial charge in [-0.3, -0.25) is 0 Å². The van der Waals surface area contributed by atoms with Gasteiger partial charge in [-0.2, -0.15) is 0 Å². The van der Waals surface area contributed by atoms with Gasteiger partial charge >= 0.3 is 0 Å². The first kappa shape index (κ1) is 9.95. The van der Waals surface area contributed by atoms with E-state index in [-0.39, 0.29) is 0 Å². The van der Waals surface area contributed by atoms with Crippen molar-refractivity contribution >= 4 is 6.72 Å². The van der Waals surface area contributed by atoms with Gasteiger partial charge < -0.3 is 4.74 Å². The monoisotopic (exact) mass is 153 g/mol. The number of rotatable bonds is 4. The minimum atomic E-state index is 0.368. The third-order valence-electron chi connectivity index (χ3n) is 1.43. The van der Waals surface area contributed by atoms with Crippen molar-refractivity contribution in [1.29, 1.82) is 0 Å². The molecule has 62 valence electrons. The van der Waals surface area contributed by atoms with Gasteiger partial charge in [-0.15, -0.1) is 0 Å². The summed E-state index contributed by atoms with van der Waals surface area (Å²) in [7, 11) is 1.58. The molecular formula is C9H15NO. The second-order valence-electron chi connectivity index (χ2n) is 2.48. The van der Waals surface area contributed by atoms with Crippen molar-refractivity contribution in [3.05, 3.63) is 24.1 Å². The molecule has 0 bridgehead atoms. The molecule has 0 rings (SSSR count). The van der Waals surface area contributed by atoms with Gasteiger partial charge in [0.25, 0.3) is 0 Å². The summed E-state index contributed by atoms with van der Waals surface area (Å²) >= 11 is 0. The molecule has 2 heteroatoms. The Morgan fingerprint density at radius 2 is 2.09 bits per heavy atom. The first-order valence-electron chi connectivity index (χ1n) is 3.54. The molecule has 0 radical (unpaired) electrons. The highest BCUT2D eigenvalue weighted by Gasteiger charge is 2.05. The molecule has 11 heavy (non-hydrogen) atoms. The van der Waals surface area contributed by atoms with Gasteiger partial charge in [-0.05, 0) is 12.6 Å². The van der Waals surface area contributed by atoms with E-state index in [1.807, 2.05) is 0 Å². The lowest BCUT2D eigenvalue weighted by Gasteiger charge is -2.09. The van der Waals surface area contributed by atoms with Crippen LogP contribution in [0.1, 0.15) is 13.8 Å². The fraction of sp³-hybridized carbons (Fsp3) is 0.444. The Bertz CT molecular complexity index is 180. The van der Waals surface area contributed by atoms with Gasteiger partial charge in [0.1, 0.15) is 0 Å². The summed E-state index contributed by atoms with van der Waals surface area (Å²) in [5.74, 6) is 0.933. The summed E-state index contributed by atoms with van der Waals surface area (Å²) in [5, 5.41) is 0. The second-order valence-corrected chi connectivity index (χ2v) is 2.48. The highest BCUT2D eigenvalue weighted by Crippen LogP contribution is 2.16. The highest BCUT2D eigenvalue weighted by molar-refractivity contribution is 5.32. The van der Waals surface area contributed by atoms with Crippen molar-refractivity contribution in [1.82, 2.24) is 0 Å². The quantitative estimate of drug-likeness (QED) is 0.345. The van der Waals surface area contributed by atoms with E-state index in [1.54, 1.807) is 13.2 Å². The third-order valence-corrected chi connectivity index (χ3v) is 1.43. The van der Waals surface area contributed by atoms with Crippen LogP contribution in [0.4, 0.5) is 0 Å². The minimum Gasteiger partial charge on any atom is -0.481 e. The van der Waals surface area contributed by atoms with Crippen molar-refractivity contribution in [3.63, 3.8) is 0 Å². The largest absolute Gasteiger partial charge is 0.481 e. The fourth-order valence-electron chi connectivity index (χ4n) is 0.844. The van der Waals surface area contributed by atoms with Crippen LogP contribution in [0.2, 0.25) is 0 Å². The third kappa shape index (κ3) is 2.58. The lowest BCUT2D eigenvalue weighted by Crippen LogP contribution is -1.96. The number of allylic oxidation sites excluding steroid dienone is 2. The van der Waals surface area contributed by atoms with Crippen molar-refractivity contribution in [2.45, 2.75) is 13.8 Å². The first-order chi connectivity index (χ1) is 5.17. The van der Waals surface area contributed by atoms with Crippen LogP contribution in [0, 0.1) is 5.92 Å². The van der Waals surface area contributed by atoms with Gasteiger partial charge in [0.15, 0.2) is 0 Å². The maximum absolute atomic E-state index is 4.99. The summed E-state index contributed by atoms with van der Waals surface area (Å²) in [6.07, 6.45) is 1.75. The van der Waals surface area contributed by atoms with Crippen molar-refractivity contribution in [3.8, 4) is 0 Å². The van der Waals surface area contributed by atoms with E-state index >= 15 is 0 Å². The van der Waals surface area contributed by atoms with Crippen molar-refractivity contribution in [2.24, 2.45) is 10.9 Å². The molecule has 0 unspecified atom stereocenters. The van der Waals surface area contributed by atoms with Crippen LogP contribution in [0.15, 0.2) is 29.1 Å². The maximum Gasteiger partial charge on any atom is 0.215 e. The molecule has 0 N–H and O–H groups in total. The average molecular weight is 153 g/mol. The summed E-state index contributed by atoms with van der Waals surface area (Å²) < 4.78 is 4.99. The number of aliphatic imine (C=N–C) groups is 1. The maximum atomic E-state index is 4.99. The van der Waals surface area contributed by atoms with E-state index in [9.17, 15) is 0 Å². The first-order valence-corrected chi connectivity index (χ1v) is 3.54. The van der Waals surface area contributed by atoms with Crippen molar-refractivity contribution < 1.29 is 4.74 Å². The Hall–Kier alpha value is -1.05. The van der Waals surface area contributed by atoms with Gasteiger partial charge in [0, 0.05) is 5.57 Å². The second kappa shape index (κ2) is 4.72. The zero-order chi connectivity index (χ0) is 8.85. The van der Waals surface area contributed by atoms with Crippen LogP contribution >= 0.6 is 0 Å². The molecule has 2 nitrogen and oxygen atoms in total. The number of methoxy groups -OCH3 is 1. The molecule has 0 amide bonds. The molecule has 0 aromatic carbocycles. The van der Waals surface area contributed by atoms with Gasteiger partial charge in [0.05, 0.1) is 7.11 Å². The Morgan fingerprint density at radius 3 is 2.18 bits per heavy atom. The normalized spacial score (nSPS) is 12.4. The minimum absolute atomic E-state index is 0.368. The highest BCUT2D eigenvalue weighted by atomic mass is 16.5. The molecule has 0 aliphatic heterocycles. The molecular weight excluding hydrogens is 138 g/mol. The van der Waals surface area contributed by atoms with Crippen LogP contribution < -0.4 is 0 Å². The van der Waals surface area contributed by atoms with Crippen LogP contribution in [-0.4, -0.2) is 13.8 Å². The summed E-state index contributed by atoms with van der Waals surface area (Å²) in [4.78, 5) is 3.74. The van der Waals surface area contributed by atoms with E-state index in [1.165, 1.54) is 0 Å². The standard InChI is InChI=1S/C9H15NO/c1-6-8(7(2)3)9(10-4)11-5/h6-7H,1,4H2,2-3,5H3/b9-8-. The van der Waals surface area contributed by atoms with E-state index in [4.69, 9.17) is 4.74 Å². The van der Waals surface area contributed by atoms with E-state index in [2.05, 4.69) is 32.1 Å². The molecule has 0 aromatic rings. The van der Waals surface area contributed by atoms with Crippen LogP contribution in [-0.2, 0) is 4.74 Å². The van der Waals surface area contributed by atoms with Gasteiger partial charge in [-0.1, -0.05) is 26.5 Å². The zero-order valence-corrected chi connectivity index (χ0v) is 7.42. The molecule has 0 aliphatic rings. The summed E-state index contributed by atoms with van der Waals surface area (Å²) in [5.41, 5.74) is 0.988. The average Bonchev–Trinajstić information content (AvgIpc) is 1.99. The molecule has 0 aliphatic carbocycles. The predicted molar refractivity (Wildman–Crippen MR) is 48.6 cm³/mol. The van der Waals surface area contributed by atoms with Crippen LogP contribution in [0.3, 0.4) is 0 Å². The molecule has 0 saturated heterocycles. The Balaban J connectivity index is 4.76. The SMILES string of the molecule is C=C/C(=C(\N=C)OC)C(C)C. The lowest BCUT2D eigenvalue weighted by atomic mass is 10.0. The Morgan fingerprint density at radius 1 is 1.55 bits per heavy atom. The molecule has 0 heterocycles. The molecule has 0 spiro atoms. The number of nitrogens with zero attached hydrogens (tertiary/aromatic N) is 1. The summed E-state index contributed by atoms with van der Waals surface area (Å²) in [6.45, 7) is 11.2. The summed E-state index contributed by atoms with van der Waals surface area (Å²) in [6, 6.07) is 0. The number of hydrogen-bond donors (Lipinski definition) is 0. The number of hydrogen-bond acceptors (Lipinski definition) is 2.